The van der Waals surface area contributed by atoms with Crippen LogP contribution in [0.25, 0.3) is 44.3 Å². The number of amides is 1. The van der Waals surface area contributed by atoms with Gasteiger partial charge < -0.3 is 36.8 Å². The van der Waals surface area contributed by atoms with Crippen molar-refractivity contribution in [3.63, 3.8) is 0 Å². The Balaban J connectivity index is 0.000000186. The largest absolute Gasteiger partial charge is 0.477 e. The highest BCUT2D eigenvalue weighted by molar-refractivity contribution is 6.31. The molecule has 0 spiro atoms. The lowest BCUT2D eigenvalue weighted by atomic mass is 10.1. The van der Waals surface area contributed by atoms with E-state index in [0.29, 0.717) is 39.0 Å². The smallest absolute Gasteiger partial charge is 0.352 e. The summed E-state index contributed by atoms with van der Waals surface area (Å²) in [6.45, 7) is 3.98. The lowest BCUT2D eigenvalue weighted by molar-refractivity contribution is 0.0691. The summed E-state index contributed by atoms with van der Waals surface area (Å²) < 4.78 is 0. The molecule has 0 radical (unpaired) electrons. The maximum atomic E-state index is 12.8. The quantitative estimate of drug-likeness (QED) is 0.0671. The number of nitrogens with zero attached hydrogens (tertiary/aromatic N) is 6. The molecule has 6 aromatic heterocycles. The SMILES string of the molecule is C.Cc1ccc(N)cc1Nc1nccc(-c2cccnc2)n1.Cc1ccc(NC(=O)c2cc3cc(Cl)ccc3[nH]2)cc1Nc1nccc(-c2cccnc2)n1.Cl.O=C(O)c1cc2cc(Cl)ccc2[nH]1. The van der Waals surface area contributed by atoms with Gasteiger partial charge in [0.2, 0.25) is 11.9 Å². The van der Waals surface area contributed by atoms with Gasteiger partial charge in [-0.3, -0.25) is 14.8 Å². The molecule has 0 aliphatic carbocycles. The van der Waals surface area contributed by atoms with Crippen molar-refractivity contribution < 1.29 is 14.7 Å². The number of hydrogen-bond donors (Lipinski definition) is 7. The molecule has 0 saturated carbocycles. The van der Waals surface area contributed by atoms with Crippen LogP contribution < -0.4 is 21.7 Å². The Bertz CT molecular complexity index is 3370. The van der Waals surface area contributed by atoms with Crippen molar-refractivity contribution in [2.24, 2.45) is 0 Å². The highest BCUT2D eigenvalue weighted by atomic mass is 35.5. The normalized spacial score (nSPS) is 10.3. The summed E-state index contributed by atoms with van der Waals surface area (Å²) in [4.78, 5) is 55.2. The summed E-state index contributed by atoms with van der Waals surface area (Å²) in [5.41, 5.74) is 16.6. The van der Waals surface area contributed by atoms with Crippen molar-refractivity contribution in [1.82, 2.24) is 39.9 Å². The van der Waals surface area contributed by atoms with E-state index >= 15 is 0 Å². The van der Waals surface area contributed by atoms with Crippen molar-refractivity contribution in [2.75, 3.05) is 21.7 Å². The minimum Gasteiger partial charge on any atom is -0.477 e. The van der Waals surface area contributed by atoms with Gasteiger partial charge in [0.25, 0.3) is 5.91 Å². The number of anilines is 6. The second kappa shape index (κ2) is 22.9. The lowest BCUT2D eigenvalue weighted by Crippen LogP contribution is -2.12. The zero-order valence-electron chi connectivity index (χ0n) is 36.2. The number of pyridine rings is 2. The molecule has 10 rings (SSSR count). The molecule has 10 aromatic rings. The van der Waals surface area contributed by atoms with Crippen molar-refractivity contribution in [3.8, 4) is 22.5 Å². The number of carbonyl (C=O) groups is 2. The molecule has 8 N–H and O–H groups in total. The van der Waals surface area contributed by atoms with Gasteiger partial charge in [0.1, 0.15) is 11.4 Å². The van der Waals surface area contributed by atoms with Gasteiger partial charge in [0, 0.05) is 103 Å². The molecular formula is C51H45Cl3N12O3. The fourth-order valence-corrected chi connectivity index (χ4v) is 7.04. The number of hydrogen-bond acceptors (Lipinski definition) is 11. The monoisotopic (exact) mass is 978 g/mol. The van der Waals surface area contributed by atoms with E-state index in [1.807, 2.05) is 98.8 Å². The third-order valence-electron chi connectivity index (χ3n) is 10.1. The first-order valence-electron chi connectivity index (χ1n) is 20.5. The maximum Gasteiger partial charge on any atom is 0.352 e. The number of nitrogens with two attached hydrogens (primary N) is 1. The van der Waals surface area contributed by atoms with E-state index < -0.39 is 5.97 Å². The number of carboxylic acids is 1. The molecule has 0 aliphatic rings. The van der Waals surface area contributed by atoms with Crippen LogP contribution in [0, 0.1) is 13.8 Å². The van der Waals surface area contributed by atoms with Crippen LogP contribution in [0.15, 0.2) is 159 Å². The van der Waals surface area contributed by atoms with Crippen LogP contribution in [0.3, 0.4) is 0 Å². The summed E-state index contributed by atoms with van der Waals surface area (Å²) in [6.07, 6.45) is 10.4. The van der Waals surface area contributed by atoms with Gasteiger partial charge >= 0.3 is 5.97 Å². The van der Waals surface area contributed by atoms with Crippen LogP contribution in [0.2, 0.25) is 10.0 Å². The third-order valence-corrected chi connectivity index (χ3v) is 10.6. The predicted molar refractivity (Wildman–Crippen MR) is 279 cm³/mol. The number of aryl methyl sites for hydroxylation is 2. The van der Waals surface area contributed by atoms with Crippen LogP contribution in [0.1, 0.15) is 39.5 Å². The molecule has 0 unspecified atom stereocenters. The molecule has 1 amide bonds. The summed E-state index contributed by atoms with van der Waals surface area (Å²) in [6, 6.07) is 36.6. The van der Waals surface area contributed by atoms with Gasteiger partial charge in [-0.1, -0.05) is 42.8 Å². The molecule has 348 valence electrons. The Morgan fingerprint density at radius 3 is 1.64 bits per heavy atom. The molecule has 0 atom stereocenters. The third kappa shape index (κ3) is 13.0. The number of rotatable bonds is 9. The fourth-order valence-electron chi connectivity index (χ4n) is 6.68. The number of fused-ring (bicyclic) bond motifs is 2. The Hall–Kier alpha value is -8.37. The number of carboxylic acid groups (broad SMARTS) is 1. The standard InChI is InChI=1S/C25H19ClN6O.C16H15N5.C9H6ClNO2.CH4.ClH/c1-15-4-6-19(29-24(33)23-12-17-11-18(26)5-7-20(17)30-23)13-22(15)32-25-28-10-8-21(31-25)16-3-2-9-27-14-16;1-11-4-5-13(17)9-15(11)21-16-19-8-6-14(20-16)12-3-2-7-18-10-12;10-6-1-2-7-5(3-6)4-8(11-7)9(12)13;;/h2-14,30H,1H3,(H,29,33)(H,28,31,32);2-10H,17H2,1H3,(H,19,20,21);1-4,11H,(H,12,13);1H4;1H. The average molecular weight is 980 g/mol. The molecule has 0 fully saturated rings. The topological polar surface area (TPSA) is 225 Å². The van der Waals surface area contributed by atoms with Crippen LogP contribution >= 0.6 is 35.6 Å². The van der Waals surface area contributed by atoms with Crippen molar-refractivity contribution >= 4 is 104 Å². The first-order chi connectivity index (χ1) is 32.4. The van der Waals surface area contributed by atoms with Gasteiger partial charge in [0.15, 0.2) is 0 Å². The minimum atomic E-state index is -0.965. The Labute approximate surface area is 413 Å². The molecule has 18 heteroatoms. The molecule has 0 saturated heterocycles. The second-order valence-electron chi connectivity index (χ2n) is 15.0. The summed E-state index contributed by atoms with van der Waals surface area (Å²) in [7, 11) is 0. The number of benzene rings is 4. The number of halogens is 3. The number of aromatic amines is 2. The molecule has 15 nitrogen and oxygen atoms in total. The van der Waals surface area contributed by atoms with Crippen molar-refractivity contribution in [2.45, 2.75) is 21.3 Å². The Morgan fingerprint density at radius 1 is 0.609 bits per heavy atom. The van der Waals surface area contributed by atoms with Crippen LogP contribution in [0.4, 0.5) is 34.6 Å². The van der Waals surface area contributed by atoms with Gasteiger partial charge in [0.05, 0.1) is 11.4 Å². The molecule has 4 aromatic carbocycles. The molecule has 69 heavy (non-hydrogen) atoms. The Kier molecular flexibility index (Phi) is 16.6. The summed E-state index contributed by atoms with van der Waals surface area (Å²) in [5, 5.41) is 21.0. The predicted octanol–water partition coefficient (Wildman–Crippen LogP) is 12.7. The van der Waals surface area contributed by atoms with E-state index in [-0.39, 0.29) is 31.4 Å². The van der Waals surface area contributed by atoms with E-state index in [2.05, 4.69) is 55.8 Å². The molecule has 0 aliphatic heterocycles. The molecular weight excluding hydrogens is 935 g/mol. The summed E-state index contributed by atoms with van der Waals surface area (Å²) >= 11 is 11.8. The van der Waals surface area contributed by atoms with Crippen molar-refractivity contribution in [3.05, 3.63) is 191 Å². The number of H-pyrrole nitrogens is 2. The van der Waals surface area contributed by atoms with Crippen LogP contribution in [-0.2, 0) is 0 Å². The van der Waals surface area contributed by atoms with E-state index in [1.165, 1.54) is 0 Å². The number of aromatic nitrogens is 8. The zero-order chi connectivity index (χ0) is 46.9. The summed E-state index contributed by atoms with van der Waals surface area (Å²) in [5.74, 6) is -0.222. The maximum absolute atomic E-state index is 12.8. The Morgan fingerprint density at radius 2 is 1.12 bits per heavy atom. The number of nitrogens with one attached hydrogen (secondary N) is 5. The zero-order valence-corrected chi connectivity index (χ0v) is 38.5. The average Bonchev–Trinajstić information content (AvgIpc) is 3.97. The van der Waals surface area contributed by atoms with E-state index in [4.69, 9.17) is 34.0 Å². The fraction of sp³-hybridized carbons (Fsp3) is 0.0588. The van der Waals surface area contributed by atoms with Gasteiger partial charge in [-0.25, -0.2) is 24.7 Å². The molecule has 6 heterocycles. The van der Waals surface area contributed by atoms with Gasteiger partial charge in [-0.2, -0.15) is 0 Å². The molecule has 0 bridgehead atoms. The van der Waals surface area contributed by atoms with Crippen molar-refractivity contribution in [1.29, 1.82) is 0 Å². The minimum absolute atomic E-state index is 0. The van der Waals surface area contributed by atoms with Crippen LogP contribution in [-0.4, -0.2) is 56.9 Å². The highest BCUT2D eigenvalue weighted by Crippen LogP contribution is 2.27. The number of carbonyl (C=O) groups excluding carboxylic acids is 1. The van der Waals surface area contributed by atoms with E-state index in [0.717, 1.165) is 66.8 Å². The first kappa shape index (κ1) is 50.1. The first-order valence-corrected chi connectivity index (χ1v) is 21.3. The van der Waals surface area contributed by atoms with E-state index in [1.54, 1.807) is 73.6 Å². The van der Waals surface area contributed by atoms with E-state index in [9.17, 15) is 9.59 Å². The van der Waals surface area contributed by atoms with Gasteiger partial charge in [-0.15, -0.1) is 12.4 Å². The second-order valence-corrected chi connectivity index (χ2v) is 15.8. The van der Waals surface area contributed by atoms with Crippen LogP contribution in [0.5, 0.6) is 0 Å². The highest BCUT2D eigenvalue weighted by Gasteiger charge is 2.13. The number of nitrogen functional groups attached to an aromatic ring is 1. The lowest BCUT2D eigenvalue weighted by Gasteiger charge is -2.12. The van der Waals surface area contributed by atoms with Gasteiger partial charge in [-0.05, 0) is 134 Å². The number of aromatic carboxylic acids is 1.